The highest BCUT2D eigenvalue weighted by Crippen LogP contribution is 2.16. The van der Waals surface area contributed by atoms with Crippen LogP contribution in [-0.2, 0) is 15.3 Å². The van der Waals surface area contributed by atoms with Gasteiger partial charge in [0.25, 0.3) is 0 Å². The average Bonchev–Trinajstić information content (AvgIpc) is 2.75. The molecule has 0 unspecified atom stereocenters. The number of hydrogen-bond donors (Lipinski definition) is 0. The molecule has 8 heteroatoms. The van der Waals surface area contributed by atoms with Crippen LogP contribution in [0.1, 0.15) is 23.0 Å². The van der Waals surface area contributed by atoms with E-state index in [0.717, 1.165) is 30.4 Å². The van der Waals surface area contributed by atoms with Crippen LogP contribution in [0.2, 0.25) is 0 Å². The molecule has 0 N–H and O–H groups in total. The number of hydrogen-bond acceptors (Lipinski definition) is 7. The van der Waals surface area contributed by atoms with Crippen molar-refractivity contribution in [2.24, 2.45) is 0 Å². The number of nitrogens with zero attached hydrogens (tertiary/aromatic N) is 4. The molecule has 1 aliphatic rings. The first-order valence-corrected chi connectivity index (χ1v) is 10.5. The van der Waals surface area contributed by atoms with Crippen LogP contribution in [0.4, 0.5) is 5.82 Å². The van der Waals surface area contributed by atoms with E-state index in [1.807, 2.05) is 29.2 Å². The number of rotatable bonds is 7. The first-order chi connectivity index (χ1) is 13.7. The van der Waals surface area contributed by atoms with E-state index >= 15 is 0 Å². The maximum atomic E-state index is 12.4. The van der Waals surface area contributed by atoms with Crippen LogP contribution >= 0.6 is 11.8 Å². The third kappa shape index (κ3) is 5.45. The summed E-state index contributed by atoms with van der Waals surface area (Å²) in [6.07, 6.45) is 3.31. The molecule has 2 aromatic heterocycles. The van der Waals surface area contributed by atoms with Gasteiger partial charge in [0.2, 0.25) is 5.91 Å². The Morgan fingerprint density at radius 3 is 2.57 bits per heavy atom. The number of thioether (sulfide) groups is 1. The Morgan fingerprint density at radius 2 is 1.93 bits per heavy atom. The summed E-state index contributed by atoms with van der Waals surface area (Å²) >= 11 is 1.59. The highest BCUT2D eigenvalue weighted by atomic mass is 32.2. The van der Waals surface area contributed by atoms with Crippen molar-refractivity contribution in [3.63, 3.8) is 0 Å². The predicted octanol–water partition coefficient (Wildman–Crippen LogP) is 2.24. The third-order valence-electron chi connectivity index (χ3n) is 4.42. The number of anilines is 1. The fourth-order valence-electron chi connectivity index (χ4n) is 2.91. The third-order valence-corrected chi connectivity index (χ3v) is 5.37. The summed E-state index contributed by atoms with van der Waals surface area (Å²) in [5, 5.41) is 0. The molecule has 3 heterocycles. The molecule has 0 aromatic carbocycles. The molecule has 0 radical (unpaired) electrons. The molecule has 3 rings (SSSR count). The fourth-order valence-corrected chi connectivity index (χ4v) is 3.75. The van der Waals surface area contributed by atoms with Gasteiger partial charge >= 0.3 is 5.97 Å². The molecule has 0 bridgehead atoms. The zero-order valence-electron chi connectivity index (χ0n) is 15.9. The SMILES string of the molecule is CCOC(=O)c1ccc(N2CCN(C(=O)CSCc3ccccn3)CC2)nc1. The van der Waals surface area contributed by atoms with E-state index in [1.54, 1.807) is 37.1 Å². The summed E-state index contributed by atoms with van der Waals surface area (Å²) in [6.45, 7) is 4.91. The standard InChI is InChI=1S/C20H24N4O3S/c1-2-27-20(26)16-6-7-18(22-13-16)23-9-11-24(12-10-23)19(25)15-28-14-17-5-3-4-8-21-17/h3-8,13H,2,9-12,14-15H2,1H3. The van der Waals surface area contributed by atoms with E-state index in [0.29, 0.717) is 31.0 Å². The molecule has 1 saturated heterocycles. The van der Waals surface area contributed by atoms with Gasteiger partial charge in [0, 0.05) is 44.3 Å². The zero-order valence-corrected chi connectivity index (χ0v) is 16.7. The number of ether oxygens (including phenoxy) is 1. The Hall–Kier alpha value is -2.61. The van der Waals surface area contributed by atoms with Gasteiger partial charge in [-0.3, -0.25) is 9.78 Å². The van der Waals surface area contributed by atoms with Gasteiger partial charge in [0.1, 0.15) is 5.82 Å². The number of esters is 1. The lowest BCUT2D eigenvalue weighted by Crippen LogP contribution is -2.49. The summed E-state index contributed by atoms with van der Waals surface area (Å²) < 4.78 is 4.97. The number of piperazine rings is 1. The van der Waals surface area contributed by atoms with E-state index in [1.165, 1.54) is 0 Å². The largest absolute Gasteiger partial charge is 0.462 e. The number of carbonyl (C=O) groups excluding carboxylic acids is 2. The van der Waals surface area contributed by atoms with Gasteiger partial charge in [0.05, 0.1) is 23.6 Å². The minimum Gasteiger partial charge on any atom is -0.462 e. The second kappa shape index (κ2) is 10.1. The Labute approximate surface area is 169 Å². The van der Waals surface area contributed by atoms with Crippen molar-refractivity contribution in [1.29, 1.82) is 0 Å². The van der Waals surface area contributed by atoms with Gasteiger partial charge in [-0.25, -0.2) is 9.78 Å². The van der Waals surface area contributed by atoms with Gasteiger partial charge < -0.3 is 14.5 Å². The molecule has 0 saturated carbocycles. The number of amides is 1. The summed E-state index contributed by atoms with van der Waals surface area (Å²) in [4.78, 5) is 36.8. The zero-order chi connectivity index (χ0) is 19.8. The molecular weight excluding hydrogens is 376 g/mol. The van der Waals surface area contributed by atoms with Crippen molar-refractivity contribution in [1.82, 2.24) is 14.9 Å². The monoisotopic (exact) mass is 400 g/mol. The summed E-state index contributed by atoms with van der Waals surface area (Å²) in [5.74, 6) is 1.81. The van der Waals surface area contributed by atoms with Crippen molar-refractivity contribution >= 4 is 29.5 Å². The van der Waals surface area contributed by atoms with Gasteiger partial charge in [-0.05, 0) is 31.2 Å². The quantitative estimate of drug-likeness (QED) is 0.660. The normalized spacial score (nSPS) is 14.0. The van der Waals surface area contributed by atoms with E-state index in [2.05, 4.69) is 14.9 Å². The van der Waals surface area contributed by atoms with Crippen LogP contribution in [-0.4, -0.2) is 65.3 Å². The van der Waals surface area contributed by atoms with Gasteiger partial charge in [0.15, 0.2) is 0 Å². The molecule has 2 aromatic rings. The molecule has 7 nitrogen and oxygen atoms in total. The molecule has 148 valence electrons. The maximum absolute atomic E-state index is 12.4. The van der Waals surface area contributed by atoms with Crippen LogP contribution in [0.5, 0.6) is 0 Å². The minimum absolute atomic E-state index is 0.159. The molecule has 0 spiro atoms. The van der Waals surface area contributed by atoms with Crippen molar-refractivity contribution < 1.29 is 14.3 Å². The Kier molecular flexibility index (Phi) is 7.25. The predicted molar refractivity (Wildman–Crippen MR) is 109 cm³/mol. The van der Waals surface area contributed by atoms with Crippen LogP contribution in [0.25, 0.3) is 0 Å². The second-order valence-corrected chi connectivity index (χ2v) is 7.29. The molecule has 0 aliphatic carbocycles. The van der Waals surface area contributed by atoms with E-state index in [9.17, 15) is 9.59 Å². The van der Waals surface area contributed by atoms with Gasteiger partial charge in [-0.2, -0.15) is 0 Å². The topological polar surface area (TPSA) is 75.6 Å². The van der Waals surface area contributed by atoms with Crippen molar-refractivity contribution in [2.75, 3.05) is 43.4 Å². The lowest BCUT2D eigenvalue weighted by atomic mass is 10.2. The van der Waals surface area contributed by atoms with Crippen molar-refractivity contribution in [3.8, 4) is 0 Å². The number of carbonyl (C=O) groups is 2. The second-order valence-electron chi connectivity index (χ2n) is 6.31. The lowest BCUT2D eigenvalue weighted by Gasteiger charge is -2.35. The van der Waals surface area contributed by atoms with Crippen LogP contribution < -0.4 is 4.90 Å². The molecule has 1 amide bonds. The smallest absolute Gasteiger partial charge is 0.339 e. The molecule has 28 heavy (non-hydrogen) atoms. The Morgan fingerprint density at radius 1 is 1.11 bits per heavy atom. The minimum atomic E-state index is -0.361. The summed E-state index contributed by atoms with van der Waals surface area (Å²) in [7, 11) is 0. The summed E-state index contributed by atoms with van der Waals surface area (Å²) in [5.41, 5.74) is 1.44. The molecule has 1 fully saturated rings. The van der Waals surface area contributed by atoms with E-state index in [4.69, 9.17) is 4.74 Å². The van der Waals surface area contributed by atoms with Crippen LogP contribution in [0, 0.1) is 0 Å². The highest BCUT2D eigenvalue weighted by Gasteiger charge is 2.22. The highest BCUT2D eigenvalue weighted by molar-refractivity contribution is 7.99. The van der Waals surface area contributed by atoms with E-state index < -0.39 is 0 Å². The molecule has 1 aliphatic heterocycles. The van der Waals surface area contributed by atoms with Crippen LogP contribution in [0.15, 0.2) is 42.7 Å². The molecular formula is C20H24N4O3S. The maximum Gasteiger partial charge on any atom is 0.339 e. The average molecular weight is 401 g/mol. The first kappa shape index (κ1) is 20.1. The fraction of sp³-hybridized carbons (Fsp3) is 0.400. The van der Waals surface area contributed by atoms with Crippen LogP contribution in [0.3, 0.4) is 0 Å². The van der Waals surface area contributed by atoms with Crippen molar-refractivity contribution in [3.05, 3.63) is 54.0 Å². The lowest BCUT2D eigenvalue weighted by molar-refractivity contribution is -0.128. The Balaban J connectivity index is 1.43. The number of pyridine rings is 2. The summed E-state index contributed by atoms with van der Waals surface area (Å²) in [6, 6.07) is 9.37. The van der Waals surface area contributed by atoms with Crippen molar-refractivity contribution in [2.45, 2.75) is 12.7 Å². The molecule has 0 atom stereocenters. The first-order valence-electron chi connectivity index (χ1n) is 9.31. The number of aromatic nitrogens is 2. The van der Waals surface area contributed by atoms with Gasteiger partial charge in [-0.1, -0.05) is 6.07 Å². The van der Waals surface area contributed by atoms with Gasteiger partial charge in [-0.15, -0.1) is 11.8 Å². The Bertz CT molecular complexity index is 778. The van der Waals surface area contributed by atoms with E-state index in [-0.39, 0.29) is 11.9 Å².